The first-order valence-electron chi connectivity index (χ1n) is 6.94. The van der Waals surface area contributed by atoms with Crippen molar-refractivity contribution in [2.75, 3.05) is 26.2 Å². The molecule has 0 radical (unpaired) electrons. The van der Waals surface area contributed by atoms with Crippen molar-refractivity contribution in [3.05, 3.63) is 29.8 Å². The summed E-state index contributed by atoms with van der Waals surface area (Å²) in [5, 5.41) is 8.78. The minimum Gasteiger partial charge on any atom is -0.494 e. The molecule has 0 amide bonds. The monoisotopic (exact) mass is 263 g/mol. The molecule has 0 saturated carbocycles. The van der Waals surface area contributed by atoms with E-state index in [1.807, 2.05) is 0 Å². The average molecular weight is 263 g/mol. The fraction of sp³-hybridized carbons (Fsp3) is 0.533. The van der Waals surface area contributed by atoms with Gasteiger partial charge in [0.2, 0.25) is 0 Å². The third kappa shape index (κ3) is 4.56. The first-order valence-corrected chi connectivity index (χ1v) is 6.94. The van der Waals surface area contributed by atoms with Gasteiger partial charge in [-0.3, -0.25) is 0 Å². The van der Waals surface area contributed by atoms with Gasteiger partial charge in [0, 0.05) is 0 Å². The average Bonchev–Trinajstić information content (AvgIpc) is 2.92. The van der Waals surface area contributed by atoms with Crippen LogP contribution in [-0.4, -0.2) is 42.2 Å². The van der Waals surface area contributed by atoms with Crippen molar-refractivity contribution < 1.29 is 14.6 Å². The highest BCUT2D eigenvalue weighted by atomic mass is 16.5. The highest BCUT2D eigenvalue weighted by Gasteiger charge is 2.10. The highest BCUT2D eigenvalue weighted by Crippen LogP contribution is 2.13. The number of hydrogen-bond donors (Lipinski definition) is 1. The lowest BCUT2D eigenvalue weighted by Gasteiger charge is -2.14. The minimum atomic E-state index is -0.905. The molecular formula is C15H21NO3. The molecule has 2 rings (SSSR count). The third-order valence-electron chi connectivity index (χ3n) is 3.44. The topological polar surface area (TPSA) is 49.8 Å². The number of carboxylic acid groups (broad SMARTS) is 1. The van der Waals surface area contributed by atoms with Crippen LogP contribution in [0, 0.1) is 0 Å². The lowest BCUT2D eigenvalue weighted by atomic mass is 10.2. The van der Waals surface area contributed by atoms with E-state index in [0.717, 1.165) is 18.6 Å². The van der Waals surface area contributed by atoms with Crippen molar-refractivity contribution in [2.24, 2.45) is 0 Å². The third-order valence-corrected chi connectivity index (χ3v) is 3.44. The van der Waals surface area contributed by atoms with Crippen LogP contribution in [0.2, 0.25) is 0 Å². The second-order valence-corrected chi connectivity index (χ2v) is 4.93. The zero-order valence-corrected chi connectivity index (χ0v) is 11.2. The van der Waals surface area contributed by atoms with Crippen molar-refractivity contribution in [2.45, 2.75) is 25.7 Å². The molecule has 0 unspecified atom stereocenters. The van der Waals surface area contributed by atoms with Crippen LogP contribution in [0.15, 0.2) is 24.3 Å². The first kappa shape index (κ1) is 13.9. The number of aromatic carboxylic acids is 1. The Kier molecular flexibility index (Phi) is 5.21. The number of nitrogens with zero attached hydrogens (tertiary/aromatic N) is 1. The second kappa shape index (κ2) is 7.14. The second-order valence-electron chi connectivity index (χ2n) is 4.93. The lowest BCUT2D eigenvalue weighted by Crippen LogP contribution is -2.20. The highest BCUT2D eigenvalue weighted by molar-refractivity contribution is 5.87. The molecule has 1 fully saturated rings. The Morgan fingerprint density at radius 1 is 1.16 bits per heavy atom. The predicted molar refractivity (Wildman–Crippen MR) is 73.8 cm³/mol. The molecule has 1 aromatic carbocycles. The largest absolute Gasteiger partial charge is 0.494 e. The molecule has 0 bridgehead atoms. The standard InChI is InChI=1S/C15H21NO3/c17-15(18)13-5-7-14(8-6-13)19-12-4-3-11-16-9-1-2-10-16/h5-8H,1-4,9-12H2,(H,17,18). The molecule has 0 spiro atoms. The Balaban J connectivity index is 1.61. The van der Waals surface area contributed by atoms with Crippen LogP contribution in [0.5, 0.6) is 5.75 Å². The molecule has 4 heteroatoms. The van der Waals surface area contributed by atoms with Crippen LogP contribution in [0.25, 0.3) is 0 Å². The summed E-state index contributed by atoms with van der Waals surface area (Å²) >= 11 is 0. The lowest BCUT2D eigenvalue weighted by molar-refractivity contribution is 0.0697. The molecule has 1 saturated heterocycles. The molecule has 4 nitrogen and oxygen atoms in total. The van der Waals surface area contributed by atoms with E-state index in [1.54, 1.807) is 24.3 Å². The summed E-state index contributed by atoms with van der Waals surface area (Å²) in [5.41, 5.74) is 0.293. The van der Waals surface area contributed by atoms with Crippen LogP contribution in [0.1, 0.15) is 36.0 Å². The van der Waals surface area contributed by atoms with Gasteiger partial charge in [0.1, 0.15) is 5.75 Å². The molecule has 1 aliphatic rings. The van der Waals surface area contributed by atoms with Gasteiger partial charge in [-0.25, -0.2) is 4.79 Å². The maximum Gasteiger partial charge on any atom is 0.335 e. The van der Waals surface area contributed by atoms with E-state index in [1.165, 1.54) is 32.5 Å². The van der Waals surface area contributed by atoms with Crippen LogP contribution in [0.4, 0.5) is 0 Å². The molecule has 19 heavy (non-hydrogen) atoms. The number of ether oxygens (including phenoxy) is 1. The Hall–Kier alpha value is -1.55. The molecule has 0 aliphatic carbocycles. The summed E-state index contributed by atoms with van der Waals surface area (Å²) in [6.45, 7) is 4.36. The number of rotatable bonds is 7. The summed E-state index contributed by atoms with van der Waals surface area (Å²) in [5.74, 6) is -0.164. The van der Waals surface area contributed by atoms with Crippen LogP contribution >= 0.6 is 0 Å². The Morgan fingerprint density at radius 3 is 2.47 bits per heavy atom. The normalized spacial score (nSPS) is 15.6. The van der Waals surface area contributed by atoms with Crippen molar-refractivity contribution in [1.82, 2.24) is 4.90 Å². The predicted octanol–water partition coefficient (Wildman–Crippen LogP) is 2.64. The summed E-state index contributed by atoms with van der Waals surface area (Å²) in [7, 11) is 0. The number of benzene rings is 1. The fourth-order valence-corrected chi connectivity index (χ4v) is 2.33. The van der Waals surface area contributed by atoms with Gasteiger partial charge in [-0.1, -0.05) is 0 Å². The van der Waals surface area contributed by atoms with E-state index >= 15 is 0 Å². The minimum absolute atomic E-state index is 0.293. The molecular weight excluding hydrogens is 242 g/mol. The van der Waals surface area contributed by atoms with E-state index in [-0.39, 0.29) is 0 Å². The first-order chi connectivity index (χ1) is 9.25. The quantitative estimate of drug-likeness (QED) is 0.768. The fourth-order valence-electron chi connectivity index (χ4n) is 2.33. The van der Waals surface area contributed by atoms with Gasteiger partial charge in [0.15, 0.2) is 0 Å². The van der Waals surface area contributed by atoms with Crippen molar-refractivity contribution >= 4 is 5.97 Å². The van der Waals surface area contributed by atoms with Gasteiger partial charge < -0.3 is 14.7 Å². The van der Waals surface area contributed by atoms with Gasteiger partial charge in [-0.2, -0.15) is 0 Å². The van der Waals surface area contributed by atoms with E-state index in [2.05, 4.69) is 4.90 Å². The molecule has 104 valence electrons. The van der Waals surface area contributed by atoms with Crippen molar-refractivity contribution in [1.29, 1.82) is 0 Å². The van der Waals surface area contributed by atoms with Crippen LogP contribution < -0.4 is 4.74 Å². The van der Waals surface area contributed by atoms with Crippen molar-refractivity contribution in [3.63, 3.8) is 0 Å². The molecule has 0 atom stereocenters. The van der Waals surface area contributed by atoms with Gasteiger partial charge >= 0.3 is 5.97 Å². The Bertz CT molecular complexity index is 396. The van der Waals surface area contributed by atoms with Crippen LogP contribution in [-0.2, 0) is 0 Å². The Morgan fingerprint density at radius 2 is 1.84 bits per heavy atom. The number of hydrogen-bond acceptors (Lipinski definition) is 3. The molecule has 1 aromatic rings. The zero-order valence-electron chi connectivity index (χ0n) is 11.2. The van der Waals surface area contributed by atoms with E-state index in [9.17, 15) is 4.79 Å². The van der Waals surface area contributed by atoms with Crippen LogP contribution in [0.3, 0.4) is 0 Å². The van der Waals surface area contributed by atoms with Crippen molar-refractivity contribution in [3.8, 4) is 5.75 Å². The van der Waals surface area contributed by atoms with Gasteiger partial charge in [0.25, 0.3) is 0 Å². The number of carboxylic acids is 1. The Labute approximate surface area is 114 Å². The molecule has 1 heterocycles. The maximum absolute atomic E-state index is 10.7. The van der Waals surface area contributed by atoms with Gasteiger partial charge in [0.05, 0.1) is 12.2 Å². The molecule has 1 aliphatic heterocycles. The van der Waals surface area contributed by atoms with Gasteiger partial charge in [-0.15, -0.1) is 0 Å². The maximum atomic E-state index is 10.7. The van der Waals surface area contributed by atoms with E-state index < -0.39 is 5.97 Å². The summed E-state index contributed by atoms with van der Waals surface area (Å²) < 4.78 is 5.59. The number of carbonyl (C=O) groups is 1. The SMILES string of the molecule is O=C(O)c1ccc(OCCCCN2CCCC2)cc1. The summed E-state index contributed by atoms with van der Waals surface area (Å²) in [4.78, 5) is 13.2. The summed E-state index contributed by atoms with van der Waals surface area (Å²) in [6, 6.07) is 6.57. The van der Waals surface area contributed by atoms with E-state index in [4.69, 9.17) is 9.84 Å². The zero-order chi connectivity index (χ0) is 13.5. The number of likely N-dealkylation sites (tertiary alicyclic amines) is 1. The smallest absolute Gasteiger partial charge is 0.335 e. The molecule has 1 N–H and O–H groups in total. The number of unbranched alkanes of at least 4 members (excludes halogenated alkanes) is 1. The van der Waals surface area contributed by atoms with Gasteiger partial charge in [-0.05, 0) is 69.6 Å². The van der Waals surface area contributed by atoms with E-state index in [0.29, 0.717) is 12.2 Å². The summed E-state index contributed by atoms with van der Waals surface area (Å²) in [6.07, 6.45) is 4.88. The molecule has 0 aromatic heterocycles.